The lowest BCUT2D eigenvalue weighted by atomic mass is 10.0. The SMILES string of the molecule is O=C(Nc1ccc(-c2ccc3c(C(=O)O)n[nH]c3c2)cc1)c1ccc(-c2cc(C(F)(F)F)ccc2Cl)o1. The lowest BCUT2D eigenvalue weighted by molar-refractivity contribution is -0.137. The molecule has 0 radical (unpaired) electrons. The molecular weight excluding hydrogens is 511 g/mol. The molecule has 0 fully saturated rings. The van der Waals surface area contributed by atoms with Crippen LogP contribution in [0.2, 0.25) is 5.02 Å². The topological polar surface area (TPSA) is 108 Å². The number of rotatable bonds is 5. The standard InChI is InChI=1S/C26H15ClF3N3O4/c27-19-8-4-15(26(28,29)30)12-18(19)21-9-10-22(37-21)24(34)31-16-5-1-13(2-6-16)14-3-7-17-20(11-14)32-33-23(17)25(35)36/h1-12H,(H,31,34)(H,32,33)(H,35,36). The summed E-state index contributed by atoms with van der Waals surface area (Å²) in [6.07, 6.45) is -4.55. The Balaban J connectivity index is 1.32. The first-order valence-corrected chi connectivity index (χ1v) is 11.1. The number of alkyl halides is 3. The smallest absolute Gasteiger partial charge is 0.416 e. The van der Waals surface area contributed by atoms with Gasteiger partial charge in [-0.15, -0.1) is 0 Å². The quantitative estimate of drug-likeness (QED) is 0.226. The first-order valence-electron chi connectivity index (χ1n) is 10.7. The molecule has 0 saturated heterocycles. The number of aromatic nitrogens is 2. The van der Waals surface area contributed by atoms with E-state index in [-0.39, 0.29) is 27.8 Å². The molecule has 0 aliphatic rings. The van der Waals surface area contributed by atoms with Gasteiger partial charge >= 0.3 is 12.1 Å². The number of amides is 1. The number of nitrogens with one attached hydrogen (secondary N) is 2. The van der Waals surface area contributed by atoms with Gasteiger partial charge in [-0.3, -0.25) is 9.89 Å². The fourth-order valence-corrected chi connectivity index (χ4v) is 4.01. The van der Waals surface area contributed by atoms with Gasteiger partial charge in [0.15, 0.2) is 11.5 Å². The summed E-state index contributed by atoms with van der Waals surface area (Å²) in [5, 5.41) is 18.9. The highest BCUT2D eigenvalue weighted by Gasteiger charge is 2.31. The van der Waals surface area contributed by atoms with Crippen LogP contribution in [0.3, 0.4) is 0 Å². The maximum absolute atomic E-state index is 13.1. The zero-order chi connectivity index (χ0) is 26.3. The maximum Gasteiger partial charge on any atom is 0.416 e. The summed E-state index contributed by atoms with van der Waals surface area (Å²) in [5.74, 6) is -1.80. The van der Waals surface area contributed by atoms with E-state index in [0.717, 1.165) is 29.3 Å². The average molecular weight is 526 g/mol. The number of nitrogens with zero attached hydrogens (tertiary/aromatic N) is 1. The molecule has 37 heavy (non-hydrogen) atoms. The van der Waals surface area contributed by atoms with Crippen LogP contribution >= 0.6 is 11.6 Å². The molecule has 11 heteroatoms. The number of halogens is 4. The number of anilines is 1. The van der Waals surface area contributed by atoms with Crippen molar-refractivity contribution in [3.05, 3.63) is 94.8 Å². The van der Waals surface area contributed by atoms with Crippen molar-refractivity contribution < 1.29 is 32.3 Å². The fourth-order valence-electron chi connectivity index (χ4n) is 3.80. The molecule has 5 aromatic rings. The average Bonchev–Trinajstić information content (AvgIpc) is 3.51. The van der Waals surface area contributed by atoms with Crippen LogP contribution in [-0.2, 0) is 6.18 Å². The van der Waals surface area contributed by atoms with Crippen molar-refractivity contribution >= 4 is 40.1 Å². The minimum Gasteiger partial charge on any atom is -0.476 e. The molecule has 0 bridgehead atoms. The number of hydrogen-bond donors (Lipinski definition) is 3. The number of benzene rings is 3. The molecule has 2 aromatic heterocycles. The second kappa shape index (κ2) is 9.14. The summed E-state index contributed by atoms with van der Waals surface area (Å²) >= 11 is 6.05. The summed E-state index contributed by atoms with van der Waals surface area (Å²) in [6, 6.07) is 17.6. The van der Waals surface area contributed by atoms with E-state index in [1.807, 2.05) is 0 Å². The summed E-state index contributed by atoms with van der Waals surface area (Å²) in [7, 11) is 0. The van der Waals surface area contributed by atoms with E-state index in [4.69, 9.17) is 16.0 Å². The molecule has 0 unspecified atom stereocenters. The third-order valence-electron chi connectivity index (χ3n) is 5.63. The van der Waals surface area contributed by atoms with Gasteiger partial charge in [0.05, 0.1) is 16.1 Å². The van der Waals surface area contributed by atoms with E-state index >= 15 is 0 Å². The molecule has 186 valence electrons. The largest absolute Gasteiger partial charge is 0.476 e. The second-order valence-electron chi connectivity index (χ2n) is 8.03. The monoisotopic (exact) mass is 525 g/mol. The number of carbonyl (C=O) groups is 2. The van der Waals surface area contributed by atoms with Crippen LogP contribution < -0.4 is 5.32 Å². The minimum absolute atomic E-state index is 0.0182. The Labute approximate surface area is 211 Å². The zero-order valence-electron chi connectivity index (χ0n) is 18.6. The maximum atomic E-state index is 13.1. The van der Waals surface area contributed by atoms with Gasteiger partial charge in [-0.05, 0) is 65.7 Å². The molecule has 3 aromatic carbocycles. The van der Waals surface area contributed by atoms with E-state index in [2.05, 4.69) is 15.5 Å². The van der Waals surface area contributed by atoms with Gasteiger partial charge in [-0.2, -0.15) is 18.3 Å². The molecule has 0 aliphatic heterocycles. The van der Waals surface area contributed by atoms with Crippen LogP contribution in [0.15, 0.2) is 77.2 Å². The highest BCUT2D eigenvalue weighted by molar-refractivity contribution is 6.33. The number of carboxylic acid groups (broad SMARTS) is 1. The summed E-state index contributed by atoms with van der Waals surface area (Å²) < 4.78 is 44.7. The highest BCUT2D eigenvalue weighted by atomic mass is 35.5. The Bertz CT molecular complexity index is 1660. The van der Waals surface area contributed by atoms with Crippen molar-refractivity contribution in [2.24, 2.45) is 0 Å². The zero-order valence-corrected chi connectivity index (χ0v) is 19.3. The third-order valence-corrected chi connectivity index (χ3v) is 5.96. The van der Waals surface area contributed by atoms with Gasteiger partial charge < -0.3 is 14.8 Å². The number of aromatic carboxylic acids is 1. The van der Waals surface area contributed by atoms with Gasteiger partial charge in [0.1, 0.15) is 5.76 Å². The first kappa shape index (κ1) is 24.1. The van der Waals surface area contributed by atoms with Gasteiger partial charge in [0.25, 0.3) is 5.91 Å². The van der Waals surface area contributed by atoms with E-state index in [9.17, 15) is 27.9 Å². The van der Waals surface area contributed by atoms with Crippen molar-refractivity contribution in [1.29, 1.82) is 0 Å². The second-order valence-corrected chi connectivity index (χ2v) is 8.43. The number of H-pyrrole nitrogens is 1. The molecule has 0 atom stereocenters. The van der Waals surface area contributed by atoms with Crippen molar-refractivity contribution in [2.75, 3.05) is 5.32 Å². The minimum atomic E-state index is -4.55. The Morgan fingerprint density at radius 1 is 0.946 bits per heavy atom. The van der Waals surface area contributed by atoms with E-state index in [0.29, 0.717) is 16.6 Å². The number of carbonyl (C=O) groups excluding carboxylic acids is 1. The van der Waals surface area contributed by atoms with Gasteiger partial charge in [-0.1, -0.05) is 29.8 Å². The molecule has 5 rings (SSSR count). The Kier molecular flexibility index (Phi) is 5.96. The number of fused-ring (bicyclic) bond motifs is 1. The summed E-state index contributed by atoms with van der Waals surface area (Å²) in [4.78, 5) is 23.9. The normalized spacial score (nSPS) is 11.6. The lowest BCUT2D eigenvalue weighted by Gasteiger charge is -2.09. The van der Waals surface area contributed by atoms with Crippen LogP contribution in [0.4, 0.5) is 18.9 Å². The van der Waals surface area contributed by atoms with Crippen LogP contribution in [0, 0.1) is 0 Å². The Morgan fingerprint density at radius 2 is 1.68 bits per heavy atom. The molecule has 0 aliphatic carbocycles. The van der Waals surface area contributed by atoms with Crippen LogP contribution in [0.1, 0.15) is 26.6 Å². The summed E-state index contributed by atoms with van der Waals surface area (Å²) in [6.45, 7) is 0. The van der Waals surface area contributed by atoms with Gasteiger partial charge in [0, 0.05) is 16.6 Å². The molecule has 0 spiro atoms. The molecule has 3 N–H and O–H groups in total. The van der Waals surface area contributed by atoms with E-state index < -0.39 is 23.6 Å². The van der Waals surface area contributed by atoms with Gasteiger partial charge in [-0.25, -0.2) is 4.79 Å². The summed E-state index contributed by atoms with van der Waals surface area (Å²) in [5.41, 5.74) is 1.72. The molecular formula is C26H15ClF3N3O4. The van der Waals surface area contributed by atoms with Crippen LogP contribution in [0.5, 0.6) is 0 Å². The molecule has 1 amide bonds. The van der Waals surface area contributed by atoms with Crippen LogP contribution in [-0.4, -0.2) is 27.2 Å². The number of aromatic amines is 1. The molecule has 0 saturated carbocycles. The number of furan rings is 1. The Hall–Kier alpha value is -4.57. The molecule has 7 nitrogen and oxygen atoms in total. The Morgan fingerprint density at radius 3 is 2.38 bits per heavy atom. The van der Waals surface area contributed by atoms with Gasteiger partial charge in [0.2, 0.25) is 0 Å². The predicted molar refractivity (Wildman–Crippen MR) is 131 cm³/mol. The third kappa shape index (κ3) is 4.78. The first-order chi connectivity index (χ1) is 17.6. The van der Waals surface area contributed by atoms with Crippen LogP contribution in [0.25, 0.3) is 33.4 Å². The van der Waals surface area contributed by atoms with E-state index in [1.54, 1.807) is 42.5 Å². The predicted octanol–water partition coefficient (Wildman–Crippen LogP) is 7.11. The highest BCUT2D eigenvalue weighted by Crippen LogP contribution is 2.36. The fraction of sp³-hybridized carbons (Fsp3) is 0.0385. The van der Waals surface area contributed by atoms with Crippen molar-refractivity contribution in [3.8, 4) is 22.5 Å². The number of hydrogen-bond acceptors (Lipinski definition) is 4. The van der Waals surface area contributed by atoms with Crippen molar-refractivity contribution in [2.45, 2.75) is 6.18 Å². The lowest BCUT2D eigenvalue weighted by Crippen LogP contribution is -2.10. The van der Waals surface area contributed by atoms with E-state index in [1.165, 1.54) is 12.1 Å². The molecule has 2 heterocycles. The number of carboxylic acids is 1. The van der Waals surface area contributed by atoms with Crippen molar-refractivity contribution in [1.82, 2.24) is 10.2 Å². The van der Waals surface area contributed by atoms with Crippen molar-refractivity contribution in [3.63, 3.8) is 0 Å².